The molecule has 0 saturated carbocycles. The molecule has 0 aliphatic carbocycles. The van der Waals surface area contributed by atoms with E-state index in [0.29, 0.717) is 24.7 Å². The van der Waals surface area contributed by atoms with Crippen molar-refractivity contribution in [2.45, 2.75) is 33.8 Å². The highest BCUT2D eigenvalue weighted by atomic mass is 16.5. The lowest BCUT2D eigenvalue weighted by molar-refractivity contribution is 0.0917. The molecule has 0 unspecified atom stereocenters. The summed E-state index contributed by atoms with van der Waals surface area (Å²) in [6.07, 6.45) is 1.01. The van der Waals surface area contributed by atoms with Gasteiger partial charge in [-0.15, -0.1) is 0 Å². The molecule has 0 spiro atoms. The minimum absolute atomic E-state index is 0.189. The van der Waals surface area contributed by atoms with Gasteiger partial charge in [-0.05, 0) is 49.3 Å². The van der Waals surface area contributed by atoms with Crippen LogP contribution in [0.2, 0.25) is 0 Å². The van der Waals surface area contributed by atoms with E-state index in [0.717, 1.165) is 31.8 Å². The Labute approximate surface area is 150 Å². The molecule has 2 rings (SSSR count). The predicted octanol–water partition coefficient (Wildman–Crippen LogP) is 3.49. The van der Waals surface area contributed by atoms with E-state index in [-0.39, 0.29) is 5.91 Å². The number of amides is 1. The molecule has 0 bridgehead atoms. The SMILES string of the molecule is CCc1ccc(OCc2ccc(C(=O)NCCN(CC)CC)o2)cc1. The van der Waals surface area contributed by atoms with Crippen LogP contribution in [0, 0.1) is 0 Å². The average molecular weight is 344 g/mol. The maximum absolute atomic E-state index is 12.1. The van der Waals surface area contributed by atoms with Crippen molar-refractivity contribution < 1.29 is 13.9 Å². The van der Waals surface area contributed by atoms with Gasteiger partial charge in [-0.25, -0.2) is 0 Å². The van der Waals surface area contributed by atoms with Crippen LogP contribution in [-0.4, -0.2) is 37.0 Å². The molecule has 1 aromatic heterocycles. The fraction of sp³-hybridized carbons (Fsp3) is 0.450. The van der Waals surface area contributed by atoms with Crippen LogP contribution < -0.4 is 10.1 Å². The summed E-state index contributed by atoms with van der Waals surface area (Å²) in [4.78, 5) is 14.4. The highest BCUT2D eigenvalue weighted by Crippen LogP contribution is 2.16. The van der Waals surface area contributed by atoms with Crippen molar-refractivity contribution in [1.29, 1.82) is 0 Å². The van der Waals surface area contributed by atoms with Gasteiger partial charge in [0.05, 0.1) is 0 Å². The van der Waals surface area contributed by atoms with Gasteiger partial charge in [0.1, 0.15) is 18.1 Å². The molecular formula is C20H28N2O3. The normalized spacial score (nSPS) is 10.9. The molecule has 0 radical (unpaired) electrons. The zero-order chi connectivity index (χ0) is 18.1. The number of ether oxygens (including phenoxy) is 1. The minimum Gasteiger partial charge on any atom is -0.486 e. The van der Waals surface area contributed by atoms with Crippen LogP contribution >= 0.6 is 0 Å². The third-order valence-corrected chi connectivity index (χ3v) is 4.21. The summed E-state index contributed by atoms with van der Waals surface area (Å²) < 4.78 is 11.3. The quantitative estimate of drug-likeness (QED) is 0.717. The molecule has 5 nitrogen and oxygen atoms in total. The van der Waals surface area contributed by atoms with Crippen LogP contribution in [0.5, 0.6) is 5.75 Å². The van der Waals surface area contributed by atoms with Crippen molar-refractivity contribution in [2.24, 2.45) is 0 Å². The van der Waals surface area contributed by atoms with E-state index in [2.05, 4.69) is 31.0 Å². The van der Waals surface area contributed by atoms with Crippen LogP contribution in [0.4, 0.5) is 0 Å². The topological polar surface area (TPSA) is 54.7 Å². The van der Waals surface area contributed by atoms with E-state index in [1.807, 2.05) is 24.3 Å². The maximum atomic E-state index is 12.1. The number of aryl methyl sites for hydroxylation is 1. The monoisotopic (exact) mass is 344 g/mol. The van der Waals surface area contributed by atoms with Crippen molar-refractivity contribution in [3.63, 3.8) is 0 Å². The van der Waals surface area contributed by atoms with Gasteiger partial charge < -0.3 is 19.4 Å². The Morgan fingerprint density at radius 3 is 2.44 bits per heavy atom. The second-order valence-electron chi connectivity index (χ2n) is 5.83. The molecule has 0 aliphatic heterocycles. The van der Waals surface area contributed by atoms with Crippen LogP contribution in [-0.2, 0) is 13.0 Å². The Bertz CT molecular complexity index is 645. The van der Waals surface area contributed by atoms with Crippen molar-refractivity contribution in [3.8, 4) is 5.75 Å². The second-order valence-corrected chi connectivity index (χ2v) is 5.83. The number of likely N-dealkylation sites (N-methyl/N-ethyl adjacent to an activating group) is 1. The molecule has 0 atom stereocenters. The van der Waals surface area contributed by atoms with Gasteiger partial charge in [0.2, 0.25) is 0 Å². The molecule has 1 aromatic carbocycles. The second kappa shape index (κ2) is 9.89. The molecule has 0 aliphatic rings. The first-order chi connectivity index (χ1) is 12.2. The van der Waals surface area contributed by atoms with E-state index < -0.39 is 0 Å². The Hall–Kier alpha value is -2.27. The van der Waals surface area contributed by atoms with Crippen LogP contribution in [0.3, 0.4) is 0 Å². The summed E-state index contributed by atoms with van der Waals surface area (Å²) in [5.41, 5.74) is 1.27. The van der Waals surface area contributed by atoms with Crippen LogP contribution in [0.15, 0.2) is 40.8 Å². The molecule has 25 heavy (non-hydrogen) atoms. The third kappa shape index (κ3) is 5.94. The number of furan rings is 1. The van der Waals surface area contributed by atoms with E-state index in [9.17, 15) is 4.79 Å². The van der Waals surface area contributed by atoms with Gasteiger partial charge in [-0.3, -0.25) is 4.79 Å². The molecule has 0 fully saturated rings. The van der Waals surface area contributed by atoms with Crippen LogP contribution in [0.1, 0.15) is 42.6 Å². The highest BCUT2D eigenvalue weighted by molar-refractivity contribution is 5.91. The lowest BCUT2D eigenvalue weighted by Crippen LogP contribution is -2.34. The van der Waals surface area contributed by atoms with Gasteiger partial charge in [0.25, 0.3) is 5.91 Å². The zero-order valence-electron chi connectivity index (χ0n) is 15.4. The Morgan fingerprint density at radius 2 is 1.80 bits per heavy atom. The van der Waals surface area contributed by atoms with E-state index in [4.69, 9.17) is 9.15 Å². The first-order valence-corrected chi connectivity index (χ1v) is 8.97. The molecule has 136 valence electrons. The zero-order valence-corrected chi connectivity index (χ0v) is 15.4. The van der Waals surface area contributed by atoms with Crippen molar-refractivity contribution >= 4 is 5.91 Å². The average Bonchev–Trinajstić information content (AvgIpc) is 3.13. The molecule has 5 heteroatoms. The van der Waals surface area contributed by atoms with Crippen LogP contribution in [0.25, 0.3) is 0 Å². The first kappa shape index (κ1) is 19.1. The van der Waals surface area contributed by atoms with Gasteiger partial charge >= 0.3 is 0 Å². The predicted molar refractivity (Wildman–Crippen MR) is 99.0 cm³/mol. The van der Waals surface area contributed by atoms with Crippen molar-refractivity contribution in [1.82, 2.24) is 10.2 Å². The number of hydrogen-bond acceptors (Lipinski definition) is 4. The smallest absolute Gasteiger partial charge is 0.287 e. The summed E-state index contributed by atoms with van der Waals surface area (Å²) in [5.74, 6) is 1.55. The summed E-state index contributed by atoms with van der Waals surface area (Å²) in [7, 11) is 0. The van der Waals surface area contributed by atoms with Gasteiger partial charge in [0, 0.05) is 13.1 Å². The number of nitrogens with zero attached hydrogens (tertiary/aromatic N) is 1. The van der Waals surface area contributed by atoms with E-state index >= 15 is 0 Å². The molecular weight excluding hydrogens is 316 g/mol. The molecule has 2 aromatic rings. The number of hydrogen-bond donors (Lipinski definition) is 1. The van der Waals surface area contributed by atoms with Crippen molar-refractivity contribution in [3.05, 3.63) is 53.5 Å². The summed E-state index contributed by atoms with van der Waals surface area (Å²) in [6.45, 7) is 10.0. The first-order valence-electron chi connectivity index (χ1n) is 8.97. The summed E-state index contributed by atoms with van der Waals surface area (Å²) >= 11 is 0. The van der Waals surface area contributed by atoms with Gasteiger partial charge in [-0.2, -0.15) is 0 Å². The largest absolute Gasteiger partial charge is 0.486 e. The number of nitrogens with one attached hydrogen (secondary N) is 1. The van der Waals surface area contributed by atoms with Gasteiger partial charge in [0.15, 0.2) is 5.76 Å². The number of carbonyl (C=O) groups is 1. The Balaban J connectivity index is 1.79. The molecule has 1 N–H and O–H groups in total. The summed E-state index contributed by atoms with van der Waals surface area (Å²) in [6, 6.07) is 11.5. The summed E-state index contributed by atoms with van der Waals surface area (Å²) in [5, 5.41) is 2.88. The maximum Gasteiger partial charge on any atom is 0.287 e. The highest BCUT2D eigenvalue weighted by Gasteiger charge is 2.11. The third-order valence-electron chi connectivity index (χ3n) is 4.21. The standard InChI is InChI=1S/C20H28N2O3/c1-4-16-7-9-17(10-8-16)24-15-18-11-12-19(25-18)20(23)21-13-14-22(5-2)6-3/h7-12H,4-6,13-15H2,1-3H3,(H,21,23). The number of rotatable bonds is 10. The molecule has 1 heterocycles. The minimum atomic E-state index is -0.189. The van der Waals surface area contributed by atoms with E-state index in [1.54, 1.807) is 12.1 Å². The molecule has 1 amide bonds. The van der Waals surface area contributed by atoms with E-state index in [1.165, 1.54) is 5.56 Å². The Morgan fingerprint density at radius 1 is 1.08 bits per heavy atom. The molecule has 0 saturated heterocycles. The van der Waals surface area contributed by atoms with Gasteiger partial charge in [-0.1, -0.05) is 32.9 Å². The lowest BCUT2D eigenvalue weighted by Gasteiger charge is -2.17. The number of benzene rings is 1. The Kier molecular flexibility index (Phi) is 7.54. The fourth-order valence-corrected chi connectivity index (χ4v) is 2.51. The number of carbonyl (C=O) groups excluding carboxylic acids is 1. The van der Waals surface area contributed by atoms with Crippen molar-refractivity contribution in [2.75, 3.05) is 26.2 Å². The lowest BCUT2D eigenvalue weighted by atomic mass is 10.2. The fourth-order valence-electron chi connectivity index (χ4n) is 2.51.